The maximum atomic E-state index is 11.6. The first-order valence-corrected chi connectivity index (χ1v) is 6.31. The lowest BCUT2D eigenvalue weighted by atomic mass is 9.61. The summed E-state index contributed by atoms with van der Waals surface area (Å²) in [6.07, 6.45) is 5.68. The van der Waals surface area contributed by atoms with Crippen molar-refractivity contribution >= 4 is 5.97 Å². The highest BCUT2D eigenvalue weighted by Crippen LogP contribution is 2.48. The highest BCUT2D eigenvalue weighted by molar-refractivity contribution is 5.70. The van der Waals surface area contributed by atoms with Gasteiger partial charge in [-0.15, -0.1) is 6.58 Å². The van der Waals surface area contributed by atoms with Gasteiger partial charge in [0.1, 0.15) is 0 Å². The van der Waals surface area contributed by atoms with Gasteiger partial charge in [0.25, 0.3) is 0 Å². The van der Waals surface area contributed by atoms with Crippen molar-refractivity contribution in [3.8, 4) is 0 Å². The third kappa shape index (κ3) is 2.99. The van der Waals surface area contributed by atoms with Gasteiger partial charge in [-0.25, -0.2) is 0 Å². The van der Waals surface area contributed by atoms with Crippen LogP contribution in [0.3, 0.4) is 0 Å². The fraction of sp³-hybridized carbons (Fsp3) is 0.667. The summed E-state index contributed by atoms with van der Waals surface area (Å²) in [6, 6.07) is 0. The van der Waals surface area contributed by atoms with Crippen molar-refractivity contribution in [2.75, 3.05) is 7.11 Å². The summed E-state index contributed by atoms with van der Waals surface area (Å²) in [5, 5.41) is 0. The van der Waals surface area contributed by atoms with Crippen molar-refractivity contribution in [1.82, 2.24) is 0 Å². The predicted molar refractivity (Wildman–Crippen MR) is 70.6 cm³/mol. The molecule has 0 aromatic carbocycles. The number of methoxy groups -OCH3 is 1. The molecule has 1 saturated carbocycles. The Morgan fingerprint density at radius 2 is 2.18 bits per heavy atom. The molecule has 3 atom stereocenters. The van der Waals surface area contributed by atoms with Crippen LogP contribution >= 0.6 is 0 Å². The minimum Gasteiger partial charge on any atom is -0.469 e. The van der Waals surface area contributed by atoms with Gasteiger partial charge >= 0.3 is 5.97 Å². The van der Waals surface area contributed by atoms with Crippen LogP contribution in [0, 0.1) is 17.3 Å². The van der Waals surface area contributed by atoms with Crippen LogP contribution in [0.25, 0.3) is 0 Å². The van der Waals surface area contributed by atoms with E-state index in [-0.39, 0.29) is 11.4 Å². The van der Waals surface area contributed by atoms with Crippen LogP contribution in [0.4, 0.5) is 0 Å². The lowest BCUT2D eigenvalue weighted by Gasteiger charge is -2.43. The molecule has 0 bridgehead atoms. The van der Waals surface area contributed by atoms with E-state index in [4.69, 9.17) is 4.74 Å². The van der Waals surface area contributed by atoms with Crippen molar-refractivity contribution in [2.24, 2.45) is 17.3 Å². The Balaban J connectivity index is 2.89. The number of allylic oxidation sites excluding steroid dienone is 2. The quantitative estimate of drug-likeness (QED) is 0.549. The smallest absolute Gasteiger partial charge is 0.306 e. The molecule has 0 amide bonds. The Morgan fingerprint density at radius 3 is 2.65 bits per heavy atom. The zero-order valence-electron chi connectivity index (χ0n) is 11.3. The normalized spacial score (nSPS) is 32.9. The first kappa shape index (κ1) is 14.0. The lowest BCUT2D eigenvalue weighted by Crippen LogP contribution is -2.36. The molecular weight excluding hydrogens is 212 g/mol. The molecule has 17 heavy (non-hydrogen) atoms. The van der Waals surface area contributed by atoms with E-state index in [9.17, 15) is 4.79 Å². The van der Waals surface area contributed by atoms with Crippen LogP contribution in [-0.4, -0.2) is 13.1 Å². The zero-order chi connectivity index (χ0) is 13.1. The van der Waals surface area contributed by atoms with Crippen molar-refractivity contribution < 1.29 is 9.53 Å². The Morgan fingerprint density at radius 1 is 1.53 bits per heavy atom. The number of rotatable bonds is 4. The maximum Gasteiger partial charge on any atom is 0.306 e. The molecule has 0 spiro atoms. The molecule has 2 heteroatoms. The standard InChI is InChI=1S/C15H24O2/c1-6-15(10-14(16)17-5)9-13(11(2)3)8-7-12(15)4/h6,12-13H,1-2,7-10H2,3-5H3/t12-,13-,15?/m1/s1. The van der Waals surface area contributed by atoms with Gasteiger partial charge in [0, 0.05) is 5.41 Å². The summed E-state index contributed by atoms with van der Waals surface area (Å²) in [6.45, 7) is 12.3. The SMILES string of the molecule is C=CC1(CC(=O)OC)C[C@H](C(=C)C)CC[C@H]1C. The Hall–Kier alpha value is -1.05. The average molecular weight is 236 g/mol. The highest BCUT2D eigenvalue weighted by atomic mass is 16.5. The topological polar surface area (TPSA) is 26.3 Å². The van der Waals surface area contributed by atoms with E-state index in [1.165, 1.54) is 19.1 Å². The van der Waals surface area contributed by atoms with Crippen molar-refractivity contribution in [3.05, 3.63) is 24.8 Å². The predicted octanol–water partition coefficient (Wildman–Crippen LogP) is 3.73. The van der Waals surface area contributed by atoms with Crippen LogP contribution in [0.2, 0.25) is 0 Å². The molecule has 0 N–H and O–H groups in total. The van der Waals surface area contributed by atoms with Gasteiger partial charge in [0.15, 0.2) is 0 Å². The molecule has 1 rings (SSSR count). The van der Waals surface area contributed by atoms with Crippen molar-refractivity contribution in [3.63, 3.8) is 0 Å². The average Bonchev–Trinajstić information content (AvgIpc) is 2.31. The largest absolute Gasteiger partial charge is 0.469 e. The van der Waals surface area contributed by atoms with E-state index < -0.39 is 0 Å². The molecular formula is C15H24O2. The number of hydrogen-bond acceptors (Lipinski definition) is 2. The summed E-state index contributed by atoms with van der Waals surface area (Å²) < 4.78 is 4.81. The van der Waals surface area contributed by atoms with Gasteiger partial charge in [-0.1, -0.05) is 25.2 Å². The molecule has 0 radical (unpaired) electrons. The molecule has 0 aromatic rings. The Kier molecular flexibility index (Phi) is 4.55. The van der Waals surface area contributed by atoms with Crippen LogP contribution in [-0.2, 0) is 9.53 Å². The minimum absolute atomic E-state index is 0.116. The van der Waals surface area contributed by atoms with Crippen LogP contribution in [0.15, 0.2) is 24.8 Å². The maximum absolute atomic E-state index is 11.6. The molecule has 0 heterocycles. The van der Waals surface area contributed by atoms with E-state index in [1.54, 1.807) is 0 Å². The highest BCUT2D eigenvalue weighted by Gasteiger charge is 2.41. The number of carbonyl (C=O) groups is 1. The minimum atomic E-state index is -0.140. The van der Waals surface area contributed by atoms with E-state index in [2.05, 4.69) is 27.0 Å². The molecule has 1 aliphatic rings. The molecule has 1 aliphatic carbocycles. The van der Waals surface area contributed by atoms with Crippen molar-refractivity contribution in [2.45, 2.75) is 39.5 Å². The van der Waals surface area contributed by atoms with Gasteiger partial charge in [0.2, 0.25) is 0 Å². The summed E-state index contributed by atoms with van der Waals surface area (Å²) in [5.41, 5.74) is 1.10. The molecule has 96 valence electrons. The lowest BCUT2D eigenvalue weighted by molar-refractivity contribution is -0.144. The van der Waals surface area contributed by atoms with Crippen molar-refractivity contribution in [1.29, 1.82) is 0 Å². The molecule has 0 saturated heterocycles. The second-order valence-electron chi connectivity index (χ2n) is 5.42. The summed E-state index contributed by atoms with van der Waals surface area (Å²) >= 11 is 0. The first-order valence-electron chi connectivity index (χ1n) is 6.31. The second kappa shape index (κ2) is 5.52. The Labute approximate surface area is 105 Å². The van der Waals surface area contributed by atoms with Crippen LogP contribution in [0.5, 0.6) is 0 Å². The van der Waals surface area contributed by atoms with Gasteiger partial charge < -0.3 is 4.74 Å². The summed E-state index contributed by atoms with van der Waals surface area (Å²) in [4.78, 5) is 11.6. The second-order valence-corrected chi connectivity index (χ2v) is 5.42. The third-order valence-electron chi connectivity index (χ3n) is 4.36. The number of carbonyl (C=O) groups excluding carboxylic acids is 1. The van der Waals surface area contributed by atoms with E-state index >= 15 is 0 Å². The first-order chi connectivity index (χ1) is 7.95. The van der Waals surface area contributed by atoms with E-state index in [1.807, 2.05) is 6.08 Å². The fourth-order valence-corrected chi connectivity index (χ4v) is 2.87. The number of hydrogen-bond donors (Lipinski definition) is 0. The van der Waals surface area contributed by atoms with Crippen LogP contribution in [0.1, 0.15) is 39.5 Å². The number of ether oxygens (including phenoxy) is 1. The number of esters is 1. The van der Waals surface area contributed by atoms with Gasteiger partial charge in [0.05, 0.1) is 13.5 Å². The zero-order valence-corrected chi connectivity index (χ0v) is 11.3. The molecule has 0 aromatic heterocycles. The fourth-order valence-electron chi connectivity index (χ4n) is 2.87. The monoisotopic (exact) mass is 236 g/mol. The third-order valence-corrected chi connectivity index (χ3v) is 4.36. The van der Waals surface area contributed by atoms with Gasteiger partial charge in [-0.3, -0.25) is 4.79 Å². The molecule has 1 unspecified atom stereocenters. The van der Waals surface area contributed by atoms with E-state index in [0.29, 0.717) is 18.3 Å². The summed E-state index contributed by atoms with van der Waals surface area (Å²) in [7, 11) is 1.45. The molecule has 2 nitrogen and oxygen atoms in total. The van der Waals surface area contributed by atoms with Crippen LogP contribution < -0.4 is 0 Å². The molecule has 1 fully saturated rings. The van der Waals surface area contributed by atoms with Gasteiger partial charge in [-0.05, 0) is 38.0 Å². The Bertz CT molecular complexity index is 319. The van der Waals surface area contributed by atoms with Gasteiger partial charge in [-0.2, -0.15) is 0 Å². The summed E-state index contributed by atoms with van der Waals surface area (Å²) in [5.74, 6) is 0.850. The molecule has 0 aliphatic heterocycles. The van der Waals surface area contributed by atoms with E-state index in [0.717, 1.165) is 12.8 Å².